The Kier molecular flexibility index (Phi) is 4.82. The molecular weight excluding hydrogens is 294 g/mol. The number of anilines is 1. The average Bonchev–Trinajstić information content (AvgIpc) is 2.49. The molecule has 0 aliphatic rings. The Labute approximate surface area is 133 Å². The summed E-state index contributed by atoms with van der Waals surface area (Å²) in [5.74, 6) is -0.251. The van der Waals surface area contributed by atoms with E-state index in [1.54, 1.807) is 32.0 Å². The standard InChI is InChI=1S/C17H17N3O3/c1-10-12(11(2)19-17(23)13(10)9-18)7-8-16(22)20-14-5-3-4-6-15(14)21/h3-6,21H,7-8H2,1-2H3,(H,19,23)(H,20,22). The third-order valence-corrected chi connectivity index (χ3v) is 3.70. The van der Waals surface area contributed by atoms with Gasteiger partial charge in [-0.25, -0.2) is 0 Å². The van der Waals surface area contributed by atoms with E-state index in [4.69, 9.17) is 5.26 Å². The molecule has 0 atom stereocenters. The van der Waals surface area contributed by atoms with E-state index in [2.05, 4.69) is 10.3 Å². The summed E-state index contributed by atoms with van der Waals surface area (Å²) in [6, 6.07) is 8.37. The average molecular weight is 311 g/mol. The number of rotatable bonds is 4. The lowest BCUT2D eigenvalue weighted by molar-refractivity contribution is -0.116. The lowest BCUT2D eigenvalue weighted by Crippen LogP contribution is -2.18. The first-order valence-corrected chi connectivity index (χ1v) is 7.14. The molecule has 0 saturated carbocycles. The van der Waals surface area contributed by atoms with E-state index < -0.39 is 5.56 Å². The summed E-state index contributed by atoms with van der Waals surface area (Å²) in [4.78, 5) is 26.3. The van der Waals surface area contributed by atoms with Crippen LogP contribution < -0.4 is 10.9 Å². The van der Waals surface area contributed by atoms with Gasteiger partial charge < -0.3 is 15.4 Å². The molecule has 1 aromatic heterocycles. The maximum absolute atomic E-state index is 12.0. The number of hydrogen-bond acceptors (Lipinski definition) is 4. The Morgan fingerprint density at radius 1 is 1.35 bits per heavy atom. The third kappa shape index (κ3) is 3.58. The van der Waals surface area contributed by atoms with Gasteiger partial charge in [0.1, 0.15) is 17.4 Å². The number of aromatic nitrogens is 1. The van der Waals surface area contributed by atoms with E-state index in [1.807, 2.05) is 6.07 Å². The summed E-state index contributed by atoms with van der Waals surface area (Å²) in [6.45, 7) is 3.45. The third-order valence-electron chi connectivity index (χ3n) is 3.70. The number of hydrogen-bond donors (Lipinski definition) is 3. The first-order chi connectivity index (χ1) is 10.9. The fourth-order valence-corrected chi connectivity index (χ4v) is 2.45. The first-order valence-electron chi connectivity index (χ1n) is 7.14. The molecular formula is C17H17N3O3. The summed E-state index contributed by atoms with van der Waals surface area (Å²) in [5, 5.41) is 21.3. The highest BCUT2D eigenvalue weighted by molar-refractivity contribution is 5.92. The zero-order valence-electron chi connectivity index (χ0n) is 12.9. The van der Waals surface area contributed by atoms with E-state index in [9.17, 15) is 14.7 Å². The van der Waals surface area contributed by atoms with Gasteiger partial charge in [-0.05, 0) is 43.5 Å². The highest BCUT2D eigenvalue weighted by Gasteiger charge is 2.13. The van der Waals surface area contributed by atoms with Crippen molar-refractivity contribution in [3.8, 4) is 11.8 Å². The Bertz CT molecular complexity index is 847. The minimum absolute atomic E-state index is 0.00372. The predicted octanol–water partition coefficient (Wildman–Crippen LogP) is 2.14. The maximum atomic E-state index is 12.0. The number of nitriles is 1. The summed E-state index contributed by atoms with van der Waals surface area (Å²) in [7, 11) is 0. The second-order valence-corrected chi connectivity index (χ2v) is 5.23. The number of benzene rings is 1. The minimum atomic E-state index is -0.412. The molecule has 118 valence electrons. The summed E-state index contributed by atoms with van der Waals surface area (Å²) in [6.07, 6.45) is 0.565. The molecule has 0 bridgehead atoms. The lowest BCUT2D eigenvalue weighted by Gasteiger charge is -2.11. The van der Waals surface area contributed by atoms with Gasteiger partial charge >= 0.3 is 0 Å². The number of carbonyl (C=O) groups is 1. The van der Waals surface area contributed by atoms with E-state index in [-0.39, 0.29) is 23.6 Å². The molecule has 0 unspecified atom stereocenters. The molecule has 1 heterocycles. The van der Waals surface area contributed by atoms with Crippen molar-refractivity contribution in [1.29, 1.82) is 5.26 Å². The van der Waals surface area contributed by atoms with Crippen LogP contribution >= 0.6 is 0 Å². The molecule has 0 aliphatic heterocycles. The molecule has 0 aliphatic carbocycles. The van der Waals surface area contributed by atoms with Crippen molar-refractivity contribution in [3.05, 3.63) is 57.0 Å². The number of aryl methyl sites for hydroxylation is 1. The summed E-state index contributed by atoms with van der Waals surface area (Å²) >= 11 is 0. The van der Waals surface area contributed by atoms with Crippen molar-refractivity contribution in [2.75, 3.05) is 5.32 Å². The van der Waals surface area contributed by atoms with E-state index in [1.165, 1.54) is 6.07 Å². The smallest absolute Gasteiger partial charge is 0.266 e. The Morgan fingerprint density at radius 2 is 2.04 bits per heavy atom. The quantitative estimate of drug-likeness (QED) is 0.752. The van der Waals surface area contributed by atoms with Crippen LogP contribution in [0.1, 0.15) is 28.8 Å². The van der Waals surface area contributed by atoms with Crippen LogP contribution in [-0.2, 0) is 11.2 Å². The van der Waals surface area contributed by atoms with Gasteiger partial charge in [0, 0.05) is 12.1 Å². The fourth-order valence-electron chi connectivity index (χ4n) is 2.45. The molecule has 6 nitrogen and oxygen atoms in total. The first kappa shape index (κ1) is 16.3. The van der Waals surface area contributed by atoms with Crippen molar-refractivity contribution < 1.29 is 9.90 Å². The molecule has 2 rings (SSSR count). The van der Waals surface area contributed by atoms with E-state index in [0.717, 1.165) is 5.56 Å². The van der Waals surface area contributed by atoms with Crippen molar-refractivity contribution >= 4 is 11.6 Å². The summed E-state index contributed by atoms with van der Waals surface area (Å²) in [5.41, 5.74) is 2.06. The Balaban J connectivity index is 2.13. The van der Waals surface area contributed by atoms with Crippen molar-refractivity contribution in [3.63, 3.8) is 0 Å². The number of nitrogens with one attached hydrogen (secondary N) is 2. The van der Waals surface area contributed by atoms with Crippen LogP contribution in [0.5, 0.6) is 5.75 Å². The molecule has 1 aromatic carbocycles. The number of phenols is 1. The number of nitrogens with zero attached hydrogens (tertiary/aromatic N) is 1. The van der Waals surface area contributed by atoms with Gasteiger partial charge in [-0.2, -0.15) is 5.26 Å². The number of carbonyl (C=O) groups excluding carboxylic acids is 1. The van der Waals surface area contributed by atoms with Gasteiger partial charge in [-0.1, -0.05) is 12.1 Å². The molecule has 0 saturated heterocycles. The number of amides is 1. The van der Waals surface area contributed by atoms with Crippen LogP contribution in [-0.4, -0.2) is 16.0 Å². The number of aromatic hydroxyl groups is 1. The van der Waals surface area contributed by atoms with E-state index in [0.29, 0.717) is 23.4 Å². The number of phenolic OH excluding ortho intramolecular Hbond substituents is 1. The van der Waals surface area contributed by atoms with Crippen molar-refractivity contribution in [1.82, 2.24) is 4.98 Å². The lowest BCUT2D eigenvalue weighted by atomic mass is 9.99. The highest BCUT2D eigenvalue weighted by Crippen LogP contribution is 2.22. The second kappa shape index (κ2) is 6.79. The van der Waals surface area contributed by atoms with Gasteiger partial charge in [0.15, 0.2) is 0 Å². The van der Waals surface area contributed by atoms with Crippen LogP contribution in [0.4, 0.5) is 5.69 Å². The normalized spacial score (nSPS) is 10.1. The zero-order chi connectivity index (χ0) is 17.0. The molecule has 3 N–H and O–H groups in total. The molecule has 23 heavy (non-hydrogen) atoms. The van der Waals surface area contributed by atoms with Crippen LogP contribution in [0.15, 0.2) is 29.1 Å². The second-order valence-electron chi connectivity index (χ2n) is 5.23. The highest BCUT2D eigenvalue weighted by atomic mass is 16.3. The monoisotopic (exact) mass is 311 g/mol. The predicted molar refractivity (Wildman–Crippen MR) is 86.3 cm³/mol. The number of aromatic amines is 1. The number of pyridine rings is 1. The molecule has 1 amide bonds. The molecule has 0 fully saturated rings. The molecule has 0 spiro atoms. The van der Waals surface area contributed by atoms with Gasteiger partial charge in [0.05, 0.1) is 5.69 Å². The SMILES string of the molecule is Cc1[nH]c(=O)c(C#N)c(C)c1CCC(=O)Nc1ccccc1O. The van der Waals surface area contributed by atoms with Crippen molar-refractivity contribution in [2.45, 2.75) is 26.7 Å². The number of para-hydroxylation sites is 2. The topological polar surface area (TPSA) is 106 Å². The summed E-state index contributed by atoms with van der Waals surface area (Å²) < 4.78 is 0. The van der Waals surface area contributed by atoms with Gasteiger partial charge in [0.25, 0.3) is 5.56 Å². The van der Waals surface area contributed by atoms with Gasteiger partial charge in [-0.3, -0.25) is 9.59 Å². The molecule has 0 radical (unpaired) electrons. The zero-order valence-corrected chi connectivity index (χ0v) is 12.9. The van der Waals surface area contributed by atoms with Crippen molar-refractivity contribution in [2.24, 2.45) is 0 Å². The van der Waals surface area contributed by atoms with Crippen LogP contribution in [0.25, 0.3) is 0 Å². The van der Waals surface area contributed by atoms with Crippen LogP contribution in [0.2, 0.25) is 0 Å². The minimum Gasteiger partial charge on any atom is -0.506 e. The van der Waals surface area contributed by atoms with Gasteiger partial charge in [-0.15, -0.1) is 0 Å². The molecule has 6 heteroatoms. The van der Waals surface area contributed by atoms with E-state index >= 15 is 0 Å². The Hall–Kier alpha value is -3.07. The maximum Gasteiger partial charge on any atom is 0.266 e. The van der Waals surface area contributed by atoms with Gasteiger partial charge in [0.2, 0.25) is 5.91 Å². The number of H-pyrrole nitrogens is 1. The fraction of sp³-hybridized carbons (Fsp3) is 0.235. The van der Waals surface area contributed by atoms with Crippen LogP contribution in [0, 0.1) is 25.2 Å². The largest absolute Gasteiger partial charge is 0.506 e. The van der Waals surface area contributed by atoms with Crippen LogP contribution in [0.3, 0.4) is 0 Å². The molecule has 2 aromatic rings. The Morgan fingerprint density at radius 3 is 2.70 bits per heavy atom.